The van der Waals surface area contributed by atoms with Gasteiger partial charge in [0.25, 0.3) is 0 Å². The summed E-state index contributed by atoms with van der Waals surface area (Å²) in [6, 6.07) is 8.55. The number of fused-ring (bicyclic) bond motifs is 1. The average Bonchev–Trinajstić information content (AvgIpc) is 2.97. The summed E-state index contributed by atoms with van der Waals surface area (Å²) in [5.41, 5.74) is 6.10. The molecule has 3 rings (SSSR count). The molecule has 0 spiro atoms. The quantitative estimate of drug-likeness (QED) is 0.765. The van der Waals surface area contributed by atoms with Crippen LogP contribution in [0.3, 0.4) is 0 Å². The fourth-order valence-corrected chi connectivity index (χ4v) is 2.95. The summed E-state index contributed by atoms with van der Waals surface area (Å²) >= 11 is 0. The van der Waals surface area contributed by atoms with Crippen LogP contribution in [-0.4, -0.2) is 27.9 Å². The second-order valence-electron chi connectivity index (χ2n) is 7.23. The van der Waals surface area contributed by atoms with E-state index in [1.165, 1.54) is 5.56 Å². The molecule has 5 nitrogen and oxygen atoms in total. The lowest BCUT2D eigenvalue weighted by Gasteiger charge is -2.19. The summed E-state index contributed by atoms with van der Waals surface area (Å²) in [5, 5.41) is 2.67. The van der Waals surface area contributed by atoms with Gasteiger partial charge < -0.3 is 10.3 Å². The van der Waals surface area contributed by atoms with E-state index in [0.717, 1.165) is 28.0 Å². The maximum atomic E-state index is 11.7. The Hall–Kier alpha value is -2.69. The highest BCUT2D eigenvalue weighted by Crippen LogP contribution is 2.31. The molecule has 1 aromatic carbocycles. The number of aromatic nitrogens is 3. The molecule has 0 unspecified atom stereocenters. The molecule has 5 heteroatoms. The largest absolute Gasteiger partial charge is 0.359 e. The summed E-state index contributed by atoms with van der Waals surface area (Å²) in [5.74, 6) is 0.0206. The van der Waals surface area contributed by atoms with Crippen LogP contribution >= 0.6 is 0 Å². The molecule has 1 amide bonds. The number of H-pyrrole nitrogens is 1. The standard InChI is InChI=1S/C20H24N4O/c1-20(2,3)14-7-5-13(6-8-14)17-15(9-10-16(25)21-4)18-19(24-17)23-12-11-22-18/h5-8,11-12H,9-10H2,1-4H3,(H,21,25)(H,23,24). The molecule has 0 fully saturated rings. The number of nitrogens with one attached hydrogen (secondary N) is 2. The second kappa shape index (κ2) is 6.67. The first-order valence-electron chi connectivity index (χ1n) is 8.53. The zero-order valence-corrected chi connectivity index (χ0v) is 15.2. The van der Waals surface area contributed by atoms with Crippen LogP contribution < -0.4 is 5.32 Å². The monoisotopic (exact) mass is 336 g/mol. The van der Waals surface area contributed by atoms with E-state index >= 15 is 0 Å². The smallest absolute Gasteiger partial charge is 0.220 e. The lowest BCUT2D eigenvalue weighted by Crippen LogP contribution is -2.18. The Morgan fingerprint density at radius 3 is 2.44 bits per heavy atom. The molecule has 25 heavy (non-hydrogen) atoms. The molecule has 0 radical (unpaired) electrons. The Morgan fingerprint density at radius 1 is 1.12 bits per heavy atom. The Balaban J connectivity index is 2.04. The molecule has 0 saturated carbocycles. The summed E-state index contributed by atoms with van der Waals surface area (Å²) < 4.78 is 0. The van der Waals surface area contributed by atoms with E-state index in [2.05, 4.69) is 65.3 Å². The van der Waals surface area contributed by atoms with Crippen molar-refractivity contribution in [2.24, 2.45) is 0 Å². The molecular formula is C20H24N4O. The van der Waals surface area contributed by atoms with Gasteiger partial charge in [-0.15, -0.1) is 0 Å². The lowest BCUT2D eigenvalue weighted by atomic mass is 9.86. The molecule has 130 valence electrons. The number of carbonyl (C=O) groups excluding carboxylic acids is 1. The minimum Gasteiger partial charge on any atom is -0.359 e. The Labute approximate surface area is 147 Å². The second-order valence-corrected chi connectivity index (χ2v) is 7.23. The van der Waals surface area contributed by atoms with Crippen molar-refractivity contribution in [3.8, 4) is 11.3 Å². The van der Waals surface area contributed by atoms with Crippen LogP contribution in [0.1, 0.15) is 38.3 Å². The van der Waals surface area contributed by atoms with E-state index in [4.69, 9.17) is 0 Å². The molecule has 0 aliphatic heterocycles. The van der Waals surface area contributed by atoms with Gasteiger partial charge in [0, 0.05) is 31.4 Å². The van der Waals surface area contributed by atoms with E-state index < -0.39 is 0 Å². The van der Waals surface area contributed by atoms with E-state index in [1.54, 1.807) is 19.4 Å². The molecule has 0 aliphatic rings. The van der Waals surface area contributed by atoms with Gasteiger partial charge >= 0.3 is 0 Å². The summed E-state index contributed by atoms with van der Waals surface area (Å²) in [7, 11) is 1.66. The number of rotatable bonds is 4. The van der Waals surface area contributed by atoms with Gasteiger partial charge in [0.2, 0.25) is 5.91 Å². The zero-order valence-electron chi connectivity index (χ0n) is 15.2. The molecule has 2 aromatic heterocycles. The Bertz CT molecular complexity index is 888. The highest BCUT2D eigenvalue weighted by atomic mass is 16.1. The number of hydrogen-bond donors (Lipinski definition) is 2. The van der Waals surface area contributed by atoms with Crippen molar-refractivity contribution in [3.63, 3.8) is 0 Å². The number of aryl methyl sites for hydroxylation is 1. The maximum absolute atomic E-state index is 11.7. The van der Waals surface area contributed by atoms with Gasteiger partial charge in [0.05, 0.1) is 5.69 Å². The fourth-order valence-electron chi connectivity index (χ4n) is 2.95. The fraction of sp³-hybridized carbons (Fsp3) is 0.350. The van der Waals surface area contributed by atoms with E-state index in [9.17, 15) is 4.79 Å². The van der Waals surface area contributed by atoms with Crippen molar-refractivity contribution in [2.75, 3.05) is 7.05 Å². The molecule has 2 heterocycles. The predicted octanol–water partition coefficient (Wildman–Crippen LogP) is 3.60. The summed E-state index contributed by atoms with van der Waals surface area (Å²) in [6.07, 6.45) is 4.40. The van der Waals surface area contributed by atoms with Gasteiger partial charge in [-0.1, -0.05) is 45.0 Å². The first-order chi connectivity index (χ1) is 11.9. The van der Waals surface area contributed by atoms with Crippen molar-refractivity contribution in [2.45, 2.75) is 39.0 Å². The van der Waals surface area contributed by atoms with Crippen LogP contribution in [0.5, 0.6) is 0 Å². The van der Waals surface area contributed by atoms with Crippen LogP contribution in [0.2, 0.25) is 0 Å². The number of amides is 1. The molecule has 0 bridgehead atoms. The number of hydrogen-bond acceptors (Lipinski definition) is 3. The van der Waals surface area contributed by atoms with Crippen molar-refractivity contribution >= 4 is 17.1 Å². The summed E-state index contributed by atoms with van der Waals surface area (Å²) in [6.45, 7) is 6.61. The predicted molar refractivity (Wildman–Crippen MR) is 100 cm³/mol. The third-order valence-corrected chi connectivity index (χ3v) is 4.45. The van der Waals surface area contributed by atoms with Gasteiger partial charge in [-0.25, -0.2) is 4.98 Å². The molecule has 0 saturated heterocycles. The molecular weight excluding hydrogens is 312 g/mol. The van der Waals surface area contributed by atoms with Gasteiger partial charge in [0.15, 0.2) is 5.65 Å². The minimum atomic E-state index is 0.0206. The normalized spacial score (nSPS) is 11.7. The maximum Gasteiger partial charge on any atom is 0.220 e. The van der Waals surface area contributed by atoms with Crippen LogP contribution in [0.4, 0.5) is 0 Å². The SMILES string of the molecule is CNC(=O)CCc1c(-c2ccc(C(C)(C)C)cc2)[nH]c2nccnc12. The molecule has 0 atom stereocenters. The number of carbonyl (C=O) groups is 1. The van der Waals surface area contributed by atoms with Crippen LogP contribution in [0.25, 0.3) is 22.4 Å². The topological polar surface area (TPSA) is 70.7 Å². The van der Waals surface area contributed by atoms with Gasteiger partial charge in [-0.05, 0) is 23.0 Å². The van der Waals surface area contributed by atoms with Gasteiger partial charge in [-0.3, -0.25) is 9.78 Å². The zero-order chi connectivity index (χ0) is 18.0. The molecule has 2 N–H and O–H groups in total. The Morgan fingerprint density at radius 2 is 1.80 bits per heavy atom. The molecule has 0 aliphatic carbocycles. The highest BCUT2D eigenvalue weighted by Gasteiger charge is 2.17. The summed E-state index contributed by atoms with van der Waals surface area (Å²) in [4.78, 5) is 23.9. The number of aromatic amines is 1. The van der Waals surface area contributed by atoms with Crippen molar-refractivity contribution in [1.82, 2.24) is 20.3 Å². The van der Waals surface area contributed by atoms with E-state index in [0.29, 0.717) is 12.8 Å². The van der Waals surface area contributed by atoms with Crippen LogP contribution in [-0.2, 0) is 16.6 Å². The highest BCUT2D eigenvalue weighted by molar-refractivity contribution is 5.86. The molecule has 3 aromatic rings. The first kappa shape index (κ1) is 17.1. The van der Waals surface area contributed by atoms with E-state index in [-0.39, 0.29) is 11.3 Å². The number of nitrogens with zero attached hydrogens (tertiary/aromatic N) is 2. The van der Waals surface area contributed by atoms with Crippen molar-refractivity contribution < 1.29 is 4.79 Å². The van der Waals surface area contributed by atoms with Crippen molar-refractivity contribution in [1.29, 1.82) is 0 Å². The van der Waals surface area contributed by atoms with Crippen molar-refractivity contribution in [3.05, 3.63) is 47.8 Å². The average molecular weight is 336 g/mol. The van der Waals surface area contributed by atoms with Crippen LogP contribution in [0.15, 0.2) is 36.7 Å². The van der Waals surface area contributed by atoms with Gasteiger partial charge in [0.1, 0.15) is 5.52 Å². The number of benzene rings is 1. The van der Waals surface area contributed by atoms with E-state index in [1.807, 2.05) is 0 Å². The third-order valence-electron chi connectivity index (χ3n) is 4.45. The first-order valence-corrected chi connectivity index (χ1v) is 8.53. The lowest BCUT2D eigenvalue weighted by molar-refractivity contribution is -0.120. The van der Waals surface area contributed by atoms with Crippen LogP contribution in [0, 0.1) is 0 Å². The van der Waals surface area contributed by atoms with Gasteiger partial charge in [-0.2, -0.15) is 0 Å². The Kier molecular flexibility index (Phi) is 4.57. The minimum absolute atomic E-state index is 0.0206. The third kappa shape index (κ3) is 3.55.